The highest BCUT2D eigenvalue weighted by Crippen LogP contribution is 2.32. The summed E-state index contributed by atoms with van der Waals surface area (Å²) in [5.74, 6) is 0.130. The maximum atomic E-state index is 14.2. The van der Waals surface area contributed by atoms with Crippen molar-refractivity contribution >= 4 is 17.9 Å². The average Bonchev–Trinajstić information content (AvgIpc) is 2.88. The first kappa shape index (κ1) is 17.4. The summed E-state index contributed by atoms with van der Waals surface area (Å²) >= 11 is 0. The second-order valence-corrected chi connectivity index (χ2v) is 6.40. The molecular formula is C16H22FN5O3. The van der Waals surface area contributed by atoms with E-state index in [1.807, 2.05) is 0 Å². The molecule has 1 saturated heterocycles. The lowest BCUT2D eigenvalue weighted by Crippen LogP contribution is -2.35. The highest BCUT2D eigenvalue weighted by atomic mass is 19.2. The van der Waals surface area contributed by atoms with E-state index in [1.54, 1.807) is 6.07 Å². The first-order chi connectivity index (χ1) is 12.0. The normalized spacial score (nSPS) is 24.1. The van der Waals surface area contributed by atoms with Crippen LogP contribution in [0.4, 0.5) is 15.2 Å². The van der Waals surface area contributed by atoms with Gasteiger partial charge in [-0.05, 0) is 18.9 Å². The van der Waals surface area contributed by atoms with Crippen LogP contribution in [0, 0.1) is 0 Å². The molecule has 0 aromatic carbocycles. The lowest BCUT2D eigenvalue weighted by Gasteiger charge is -2.23. The van der Waals surface area contributed by atoms with Crippen molar-refractivity contribution in [1.29, 1.82) is 0 Å². The molecule has 0 bridgehead atoms. The molecule has 1 saturated carbocycles. The number of hydrogen-bond acceptors (Lipinski definition) is 6. The number of carbonyl (C=O) groups excluding carboxylic acids is 2. The molecule has 1 aromatic heterocycles. The molecule has 0 radical (unpaired) electrons. The van der Waals surface area contributed by atoms with Gasteiger partial charge in [0.1, 0.15) is 12.1 Å². The van der Waals surface area contributed by atoms with Gasteiger partial charge in [-0.2, -0.15) is 0 Å². The lowest BCUT2D eigenvalue weighted by atomic mass is 9.96. The van der Waals surface area contributed by atoms with E-state index in [0.717, 1.165) is 12.8 Å². The van der Waals surface area contributed by atoms with Crippen LogP contribution >= 0.6 is 0 Å². The van der Waals surface area contributed by atoms with E-state index in [9.17, 15) is 14.1 Å². The minimum atomic E-state index is -1.08. The Bertz CT molecular complexity index is 638. The molecule has 1 aliphatic carbocycles. The maximum absolute atomic E-state index is 14.2. The van der Waals surface area contributed by atoms with Gasteiger partial charge in [-0.3, -0.25) is 4.79 Å². The number of halogens is 1. The molecule has 1 unspecified atom stereocenters. The molecule has 2 aliphatic rings. The molecule has 8 nitrogen and oxygen atoms in total. The number of amides is 2. The van der Waals surface area contributed by atoms with Gasteiger partial charge in [0.25, 0.3) is 0 Å². The molecule has 2 N–H and O–H groups in total. The second-order valence-electron chi connectivity index (χ2n) is 6.40. The zero-order chi connectivity index (χ0) is 17.8. The number of aromatic nitrogens is 2. The number of cyclic esters (lactones) is 1. The van der Waals surface area contributed by atoms with E-state index in [4.69, 9.17) is 4.74 Å². The van der Waals surface area contributed by atoms with Gasteiger partial charge < -0.3 is 15.4 Å². The Labute approximate surface area is 145 Å². The SMILES string of the molecule is CC(=O)NC[C@@H]1OC(=O)N(F)C1c1ccnc(NC2CCCCC2)n1. The van der Waals surface area contributed by atoms with E-state index < -0.39 is 18.2 Å². The third-order valence-electron chi connectivity index (χ3n) is 4.49. The Hall–Kier alpha value is -2.45. The highest BCUT2D eigenvalue weighted by Gasteiger charge is 2.45. The van der Waals surface area contributed by atoms with Gasteiger partial charge in [-0.1, -0.05) is 23.7 Å². The van der Waals surface area contributed by atoms with Gasteiger partial charge in [0.05, 0.1) is 12.2 Å². The zero-order valence-electron chi connectivity index (χ0n) is 14.1. The number of ether oxygens (including phenoxy) is 1. The smallest absolute Gasteiger partial charge is 0.439 e. The fourth-order valence-corrected chi connectivity index (χ4v) is 3.24. The van der Waals surface area contributed by atoms with Crippen LogP contribution in [-0.2, 0) is 9.53 Å². The van der Waals surface area contributed by atoms with E-state index in [-0.39, 0.29) is 17.6 Å². The minimum Gasteiger partial charge on any atom is -0.440 e. The molecule has 136 valence electrons. The Morgan fingerprint density at radius 1 is 1.40 bits per heavy atom. The second kappa shape index (κ2) is 7.62. The van der Waals surface area contributed by atoms with Gasteiger partial charge in [-0.25, -0.2) is 14.8 Å². The molecule has 25 heavy (non-hydrogen) atoms. The number of nitrogens with zero attached hydrogens (tertiary/aromatic N) is 3. The van der Waals surface area contributed by atoms with Crippen LogP contribution in [0.25, 0.3) is 0 Å². The van der Waals surface area contributed by atoms with E-state index in [2.05, 4.69) is 20.6 Å². The predicted octanol–water partition coefficient (Wildman–Crippen LogP) is 2.10. The van der Waals surface area contributed by atoms with Crippen LogP contribution in [0.5, 0.6) is 0 Å². The molecule has 9 heteroatoms. The van der Waals surface area contributed by atoms with Crippen LogP contribution < -0.4 is 10.6 Å². The standard InChI is InChI=1S/C16H22FN5O3/c1-10(23)19-9-13-14(22(17)16(24)25-13)12-7-8-18-15(21-12)20-11-5-3-2-4-6-11/h7-8,11,13-14H,2-6,9H2,1H3,(H,19,23)(H,18,20,21)/t13-,14?/m0/s1. The lowest BCUT2D eigenvalue weighted by molar-refractivity contribution is -0.119. The molecular weight excluding hydrogens is 329 g/mol. The molecule has 1 aliphatic heterocycles. The molecule has 2 fully saturated rings. The number of nitrogens with one attached hydrogen (secondary N) is 2. The first-order valence-corrected chi connectivity index (χ1v) is 8.54. The zero-order valence-corrected chi connectivity index (χ0v) is 14.1. The van der Waals surface area contributed by atoms with Crippen molar-refractivity contribution in [3.8, 4) is 0 Å². The largest absolute Gasteiger partial charge is 0.440 e. The summed E-state index contributed by atoms with van der Waals surface area (Å²) in [5.41, 5.74) is 0.331. The third-order valence-corrected chi connectivity index (χ3v) is 4.49. The van der Waals surface area contributed by atoms with Crippen molar-refractivity contribution in [2.24, 2.45) is 0 Å². The van der Waals surface area contributed by atoms with Crippen LogP contribution in [0.1, 0.15) is 50.8 Å². The molecule has 2 amide bonds. The van der Waals surface area contributed by atoms with Crippen molar-refractivity contribution in [2.75, 3.05) is 11.9 Å². The number of hydrogen-bond donors (Lipinski definition) is 2. The van der Waals surface area contributed by atoms with Crippen LogP contribution in [0.2, 0.25) is 0 Å². The summed E-state index contributed by atoms with van der Waals surface area (Å²) in [6.07, 6.45) is 5.28. The Morgan fingerprint density at radius 3 is 2.88 bits per heavy atom. The topological polar surface area (TPSA) is 96.5 Å². The Balaban J connectivity index is 1.74. The molecule has 1 aromatic rings. The third kappa shape index (κ3) is 4.15. The van der Waals surface area contributed by atoms with Gasteiger partial charge in [0.15, 0.2) is 0 Å². The quantitative estimate of drug-likeness (QED) is 0.789. The summed E-state index contributed by atoms with van der Waals surface area (Å²) in [7, 11) is 0. The van der Waals surface area contributed by atoms with Crippen molar-refractivity contribution in [3.63, 3.8) is 0 Å². The minimum absolute atomic E-state index is 0.0131. The fraction of sp³-hybridized carbons (Fsp3) is 0.625. The van der Waals surface area contributed by atoms with E-state index in [0.29, 0.717) is 17.7 Å². The summed E-state index contributed by atoms with van der Waals surface area (Å²) in [5, 5.41) is 5.83. The average molecular weight is 351 g/mol. The van der Waals surface area contributed by atoms with Crippen molar-refractivity contribution in [3.05, 3.63) is 18.0 Å². The molecule has 3 rings (SSSR count). The molecule has 2 heterocycles. The number of anilines is 1. The van der Waals surface area contributed by atoms with E-state index in [1.165, 1.54) is 32.4 Å². The first-order valence-electron chi connectivity index (χ1n) is 8.54. The summed E-state index contributed by atoms with van der Waals surface area (Å²) in [6.45, 7) is 1.36. The van der Waals surface area contributed by atoms with Crippen molar-refractivity contribution < 1.29 is 18.8 Å². The van der Waals surface area contributed by atoms with Crippen LogP contribution in [0.3, 0.4) is 0 Å². The van der Waals surface area contributed by atoms with Gasteiger partial charge in [-0.15, -0.1) is 5.12 Å². The summed E-state index contributed by atoms with van der Waals surface area (Å²) < 4.78 is 19.2. The molecule has 2 atom stereocenters. The highest BCUT2D eigenvalue weighted by molar-refractivity contribution is 5.73. The fourth-order valence-electron chi connectivity index (χ4n) is 3.24. The number of rotatable bonds is 5. The molecule has 0 spiro atoms. The van der Waals surface area contributed by atoms with E-state index >= 15 is 0 Å². The Morgan fingerprint density at radius 2 is 2.16 bits per heavy atom. The van der Waals surface area contributed by atoms with Crippen molar-refractivity contribution in [2.45, 2.75) is 57.2 Å². The van der Waals surface area contributed by atoms with Crippen molar-refractivity contribution in [1.82, 2.24) is 20.4 Å². The van der Waals surface area contributed by atoms with Gasteiger partial charge in [0, 0.05) is 19.2 Å². The summed E-state index contributed by atoms with van der Waals surface area (Å²) in [4.78, 5) is 31.2. The van der Waals surface area contributed by atoms with Crippen LogP contribution in [0.15, 0.2) is 12.3 Å². The van der Waals surface area contributed by atoms with Gasteiger partial charge >= 0.3 is 6.09 Å². The number of carbonyl (C=O) groups is 2. The Kier molecular flexibility index (Phi) is 5.30. The summed E-state index contributed by atoms with van der Waals surface area (Å²) in [6, 6.07) is 0.836. The van der Waals surface area contributed by atoms with Gasteiger partial charge in [0.2, 0.25) is 11.9 Å². The predicted molar refractivity (Wildman–Crippen MR) is 87.2 cm³/mol. The maximum Gasteiger partial charge on any atom is 0.439 e. The monoisotopic (exact) mass is 351 g/mol. The van der Waals surface area contributed by atoms with Crippen LogP contribution in [-0.4, -0.2) is 45.8 Å².